The highest BCUT2D eigenvalue weighted by Gasteiger charge is 2.33. The molecule has 0 amide bonds. The molecule has 2 aliphatic carbocycles. The minimum atomic E-state index is 0.561. The Morgan fingerprint density at radius 1 is 1.38 bits per heavy atom. The van der Waals surface area contributed by atoms with E-state index in [-0.39, 0.29) is 0 Å². The molecule has 3 rings (SSSR count). The SMILES string of the molecule is CC(NC1CC1C)c1cc2c(s1)CCCC2. The van der Waals surface area contributed by atoms with E-state index in [2.05, 4.69) is 36.6 Å². The topological polar surface area (TPSA) is 12.0 Å². The number of thiophene rings is 1. The maximum atomic E-state index is 3.74. The van der Waals surface area contributed by atoms with Crippen molar-refractivity contribution >= 4 is 11.3 Å². The van der Waals surface area contributed by atoms with Crippen LogP contribution in [-0.2, 0) is 12.8 Å². The van der Waals surface area contributed by atoms with Gasteiger partial charge in [-0.05, 0) is 56.6 Å². The Balaban J connectivity index is 1.70. The van der Waals surface area contributed by atoms with Crippen LogP contribution in [0.15, 0.2) is 6.07 Å². The third-order valence-corrected chi connectivity index (χ3v) is 5.44. The maximum absolute atomic E-state index is 3.74. The van der Waals surface area contributed by atoms with E-state index in [4.69, 9.17) is 0 Å². The molecular formula is C14H21NS. The van der Waals surface area contributed by atoms with Gasteiger partial charge in [0.2, 0.25) is 0 Å². The van der Waals surface area contributed by atoms with E-state index in [1.54, 1.807) is 15.3 Å². The Labute approximate surface area is 102 Å². The van der Waals surface area contributed by atoms with E-state index in [0.717, 1.165) is 12.0 Å². The van der Waals surface area contributed by atoms with Gasteiger partial charge in [0.25, 0.3) is 0 Å². The van der Waals surface area contributed by atoms with Gasteiger partial charge in [-0.3, -0.25) is 0 Å². The van der Waals surface area contributed by atoms with Gasteiger partial charge >= 0.3 is 0 Å². The van der Waals surface area contributed by atoms with Crippen molar-refractivity contribution in [3.8, 4) is 0 Å². The first-order chi connectivity index (χ1) is 7.74. The van der Waals surface area contributed by atoms with Crippen LogP contribution in [0.5, 0.6) is 0 Å². The van der Waals surface area contributed by atoms with Gasteiger partial charge < -0.3 is 5.32 Å². The van der Waals surface area contributed by atoms with Gasteiger partial charge in [0.1, 0.15) is 0 Å². The van der Waals surface area contributed by atoms with Crippen LogP contribution in [0.25, 0.3) is 0 Å². The van der Waals surface area contributed by atoms with Gasteiger partial charge in [-0.1, -0.05) is 6.92 Å². The summed E-state index contributed by atoms with van der Waals surface area (Å²) in [7, 11) is 0. The lowest BCUT2D eigenvalue weighted by Gasteiger charge is -2.11. The maximum Gasteiger partial charge on any atom is 0.0388 e. The summed E-state index contributed by atoms with van der Waals surface area (Å²) in [6.45, 7) is 4.66. The molecule has 3 atom stereocenters. The molecule has 1 nitrogen and oxygen atoms in total. The van der Waals surface area contributed by atoms with Gasteiger partial charge in [0.15, 0.2) is 0 Å². The highest BCUT2D eigenvalue weighted by atomic mass is 32.1. The van der Waals surface area contributed by atoms with Crippen molar-refractivity contribution in [2.24, 2.45) is 5.92 Å². The normalized spacial score (nSPS) is 29.9. The highest BCUT2D eigenvalue weighted by Crippen LogP contribution is 2.36. The molecule has 3 unspecified atom stereocenters. The van der Waals surface area contributed by atoms with Crippen molar-refractivity contribution in [3.05, 3.63) is 21.4 Å². The van der Waals surface area contributed by atoms with Gasteiger partial charge in [0, 0.05) is 21.8 Å². The van der Waals surface area contributed by atoms with Gasteiger partial charge in [0.05, 0.1) is 0 Å². The summed E-state index contributed by atoms with van der Waals surface area (Å²) >= 11 is 2.05. The van der Waals surface area contributed by atoms with Crippen molar-refractivity contribution in [2.45, 2.75) is 58.0 Å². The Morgan fingerprint density at radius 2 is 2.12 bits per heavy atom. The zero-order valence-corrected chi connectivity index (χ0v) is 11.1. The Morgan fingerprint density at radius 3 is 2.81 bits per heavy atom. The average molecular weight is 235 g/mol. The van der Waals surface area contributed by atoms with E-state index in [1.165, 1.54) is 32.1 Å². The molecule has 2 heteroatoms. The van der Waals surface area contributed by atoms with Crippen LogP contribution in [0, 0.1) is 5.92 Å². The molecule has 0 aliphatic heterocycles. The molecule has 16 heavy (non-hydrogen) atoms. The molecule has 2 aliphatic rings. The molecule has 0 bridgehead atoms. The first kappa shape index (κ1) is 10.8. The van der Waals surface area contributed by atoms with E-state index in [1.807, 2.05) is 0 Å². The monoisotopic (exact) mass is 235 g/mol. The summed E-state index contributed by atoms with van der Waals surface area (Å²) in [5.41, 5.74) is 1.64. The highest BCUT2D eigenvalue weighted by molar-refractivity contribution is 7.12. The van der Waals surface area contributed by atoms with Gasteiger partial charge in [-0.2, -0.15) is 0 Å². The molecule has 0 radical (unpaired) electrons. The first-order valence-corrected chi connectivity index (χ1v) is 7.43. The Hall–Kier alpha value is -0.340. The molecule has 1 saturated carbocycles. The lowest BCUT2D eigenvalue weighted by Crippen LogP contribution is -2.21. The molecular weight excluding hydrogens is 214 g/mol. The lowest BCUT2D eigenvalue weighted by atomic mass is 9.99. The van der Waals surface area contributed by atoms with Crippen LogP contribution in [0.2, 0.25) is 0 Å². The first-order valence-electron chi connectivity index (χ1n) is 6.61. The summed E-state index contributed by atoms with van der Waals surface area (Å²) in [6.07, 6.45) is 6.80. The van der Waals surface area contributed by atoms with Crippen LogP contribution in [0.3, 0.4) is 0 Å². The molecule has 1 fully saturated rings. The minimum Gasteiger partial charge on any atom is -0.306 e. The molecule has 0 saturated heterocycles. The van der Waals surface area contributed by atoms with Crippen LogP contribution in [0.4, 0.5) is 0 Å². The van der Waals surface area contributed by atoms with Crippen LogP contribution >= 0.6 is 11.3 Å². The van der Waals surface area contributed by atoms with Gasteiger partial charge in [-0.25, -0.2) is 0 Å². The van der Waals surface area contributed by atoms with E-state index >= 15 is 0 Å². The lowest BCUT2D eigenvalue weighted by molar-refractivity contribution is 0.558. The largest absolute Gasteiger partial charge is 0.306 e. The molecule has 1 aromatic rings. The third-order valence-electron chi connectivity index (χ3n) is 4.02. The summed E-state index contributed by atoms with van der Waals surface area (Å²) in [5, 5.41) is 3.74. The number of aryl methyl sites for hydroxylation is 2. The zero-order valence-electron chi connectivity index (χ0n) is 10.3. The second kappa shape index (κ2) is 4.15. The van der Waals surface area contributed by atoms with E-state index in [0.29, 0.717) is 6.04 Å². The van der Waals surface area contributed by atoms with Crippen LogP contribution in [0.1, 0.15) is 54.5 Å². The van der Waals surface area contributed by atoms with Crippen LogP contribution < -0.4 is 5.32 Å². The fraction of sp³-hybridized carbons (Fsp3) is 0.714. The smallest absolute Gasteiger partial charge is 0.0388 e. The predicted octanol–water partition coefficient (Wildman–Crippen LogP) is 3.69. The number of nitrogens with one attached hydrogen (secondary N) is 1. The summed E-state index contributed by atoms with van der Waals surface area (Å²) < 4.78 is 0. The molecule has 1 heterocycles. The van der Waals surface area contributed by atoms with Crippen molar-refractivity contribution in [2.75, 3.05) is 0 Å². The molecule has 0 spiro atoms. The number of rotatable bonds is 3. The van der Waals surface area contributed by atoms with Crippen molar-refractivity contribution < 1.29 is 0 Å². The molecule has 1 N–H and O–H groups in total. The van der Waals surface area contributed by atoms with E-state index in [9.17, 15) is 0 Å². The molecule has 0 aromatic carbocycles. The summed E-state index contributed by atoms with van der Waals surface area (Å²) in [6, 6.07) is 3.81. The second-order valence-corrected chi connectivity index (χ2v) is 6.68. The van der Waals surface area contributed by atoms with Crippen molar-refractivity contribution in [1.29, 1.82) is 0 Å². The standard InChI is InChI=1S/C14H21NS/c1-9-7-12(9)15-10(2)14-8-11-5-3-4-6-13(11)16-14/h8-10,12,15H,3-7H2,1-2H3. The quantitative estimate of drug-likeness (QED) is 0.842. The molecule has 1 aromatic heterocycles. The zero-order chi connectivity index (χ0) is 11.1. The van der Waals surface area contributed by atoms with Crippen molar-refractivity contribution in [1.82, 2.24) is 5.32 Å². The minimum absolute atomic E-state index is 0.561. The van der Waals surface area contributed by atoms with E-state index < -0.39 is 0 Å². The van der Waals surface area contributed by atoms with Gasteiger partial charge in [-0.15, -0.1) is 11.3 Å². The second-order valence-electron chi connectivity index (χ2n) is 5.51. The number of hydrogen-bond donors (Lipinski definition) is 1. The summed E-state index contributed by atoms with van der Waals surface area (Å²) in [5.74, 6) is 0.900. The fourth-order valence-corrected chi connectivity index (χ4v) is 3.95. The Kier molecular flexibility index (Phi) is 2.80. The summed E-state index contributed by atoms with van der Waals surface area (Å²) in [4.78, 5) is 3.23. The number of hydrogen-bond acceptors (Lipinski definition) is 2. The molecule has 88 valence electrons. The Bertz CT molecular complexity index is 359. The van der Waals surface area contributed by atoms with Crippen LogP contribution in [-0.4, -0.2) is 6.04 Å². The fourth-order valence-electron chi connectivity index (χ4n) is 2.68. The average Bonchev–Trinajstić information content (AvgIpc) is 2.82. The number of fused-ring (bicyclic) bond motifs is 1. The third kappa shape index (κ3) is 2.05. The predicted molar refractivity (Wildman–Crippen MR) is 70.1 cm³/mol. The van der Waals surface area contributed by atoms with Crippen molar-refractivity contribution in [3.63, 3.8) is 0 Å².